The van der Waals surface area contributed by atoms with Crippen molar-refractivity contribution in [1.82, 2.24) is 18.8 Å². The molecule has 1 aromatic carbocycles. The van der Waals surface area contributed by atoms with Gasteiger partial charge in [0.15, 0.2) is 0 Å². The average molecular weight is 409 g/mol. The van der Waals surface area contributed by atoms with Gasteiger partial charge in [0.05, 0.1) is 41.8 Å². The average Bonchev–Trinajstić information content (AvgIpc) is 3.04. The van der Waals surface area contributed by atoms with Crippen molar-refractivity contribution in [3.05, 3.63) is 24.0 Å². The molecular formula is C19H28N4O4S. The van der Waals surface area contributed by atoms with E-state index < -0.39 is 10.0 Å². The second-order valence-corrected chi connectivity index (χ2v) is 9.41. The summed E-state index contributed by atoms with van der Waals surface area (Å²) in [5, 5.41) is 9.92. The molecular weight excluding hydrogens is 380 g/mol. The number of fused-ring (bicyclic) bond motifs is 1. The first-order valence-corrected chi connectivity index (χ1v) is 11.4. The number of β-amino-alcohol motifs (C(OH)–C–C–N with tert-alkyl or cyclic N) is 1. The monoisotopic (exact) mass is 408 g/mol. The Morgan fingerprint density at radius 3 is 2.75 bits per heavy atom. The molecule has 9 heteroatoms. The molecule has 1 atom stereocenters. The summed E-state index contributed by atoms with van der Waals surface area (Å²) in [5.74, 6) is 0.910. The van der Waals surface area contributed by atoms with Crippen LogP contribution >= 0.6 is 0 Å². The van der Waals surface area contributed by atoms with Crippen LogP contribution < -0.4 is 0 Å². The van der Waals surface area contributed by atoms with Crippen LogP contribution in [0.5, 0.6) is 0 Å². The number of benzene rings is 1. The lowest BCUT2D eigenvalue weighted by Gasteiger charge is -2.29. The number of sulfonamides is 1. The number of nitrogens with zero attached hydrogens (tertiary/aromatic N) is 4. The van der Waals surface area contributed by atoms with Crippen molar-refractivity contribution in [2.24, 2.45) is 0 Å². The molecule has 1 N–H and O–H groups in total. The summed E-state index contributed by atoms with van der Waals surface area (Å²) in [6, 6.07) is 5.21. The number of rotatable bonds is 5. The Balaban J connectivity index is 1.64. The van der Waals surface area contributed by atoms with Gasteiger partial charge >= 0.3 is 0 Å². The zero-order valence-electron chi connectivity index (χ0n) is 16.2. The molecule has 8 nitrogen and oxygen atoms in total. The number of aryl methyl sites for hydroxylation is 1. The molecule has 2 aliphatic heterocycles. The molecule has 3 heterocycles. The molecule has 0 amide bonds. The molecule has 2 aliphatic rings. The van der Waals surface area contributed by atoms with Crippen LogP contribution in [0.4, 0.5) is 0 Å². The topological polar surface area (TPSA) is 87.9 Å². The largest absolute Gasteiger partial charge is 0.392 e. The lowest BCUT2D eigenvalue weighted by molar-refractivity contribution is 0.0650. The maximum atomic E-state index is 12.9. The Hall–Kier alpha value is -1.52. The van der Waals surface area contributed by atoms with Gasteiger partial charge < -0.3 is 14.4 Å². The van der Waals surface area contributed by atoms with E-state index in [4.69, 9.17) is 9.72 Å². The lowest BCUT2D eigenvalue weighted by atomic mass is 10.1. The van der Waals surface area contributed by atoms with Crippen molar-refractivity contribution < 1.29 is 18.3 Å². The molecule has 154 valence electrons. The van der Waals surface area contributed by atoms with Crippen molar-refractivity contribution in [3.8, 4) is 0 Å². The van der Waals surface area contributed by atoms with Crippen molar-refractivity contribution in [2.45, 2.75) is 43.9 Å². The smallest absolute Gasteiger partial charge is 0.243 e. The Morgan fingerprint density at radius 1 is 1.25 bits per heavy atom. The second kappa shape index (κ2) is 8.08. The number of ether oxygens (including phenoxy) is 1. The van der Waals surface area contributed by atoms with E-state index in [-0.39, 0.29) is 11.0 Å². The first kappa shape index (κ1) is 19.8. The van der Waals surface area contributed by atoms with Crippen LogP contribution in [0.1, 0.15) is 25.6 Å². The number of piperidine rings is 1. The Bertz CT molecular complexity index is 937. The van der Waals surface area contributed by atoms with Crippen LogP contribution in [0.25, 0.3) is 11.0 Å². The third kappa shape index (κ3) is 3.81. The van der Waals surface area contributed by atoms with Gasteiger partial charge in [-0.1, -0.05) is 0 Å². The van der Waals surface area contributed by atoms with Crippen LogP contribution in [0.3, 0.4) is 0 Å². The van der Waals surface area contributed by atoms with Crippen LogP contribution in [0.2, 0.25) is 0 Å². The van der Waals surface area contributed by atoms with Gasteiger partial charge in [0.25, 0.3) is 0 Å². The number of aromatic nitrogens is 2. The highest BCUT2D eigenvalue weighted by atomic mass is 32.2. The minimum Gasteiger partial charge on any atom is -0.392 e. The summed E-state index contributed by atoms with van der Waals surface area (Å²) < 4.78 is 34.8. The van der Waals surface area contributed by atoms with Gasteiger partial charge in [-0.2, -0.15) is 4.31 Å². The second-order valence-electron chi connectivity index (χ2n) is 7.47. The quantitative estimate of drug-likeness (QED) is 0.795. The molecule has 0 radical (unpaired) electrons. The number of hydrogen-bond acceptors (Lipinski definition) is 6. The van der Waals surface area contributed by atoms with Crippen molar-refractivity contribution in [3.63, 3.8) is 0 Å². The summed E-state index contributed by atoms with van der Waals surface area (Å²) in [7, 11) is -3.54. The van der Waals surface area contributed by atoms with Crippen molar-refractivity contribution in [1.29, 1.82) is 0 Å². The van der Waals surface area contributed by atoms with Crippen molar-refractivity contribution >= 4 is 21.1 Å². The van der Waals surface area contributed by atoms with Gasteiger partial charge in [-0.05, 0) is 44.5 Å². The molecule has 2 fully saturated rings. The summed E-state index contributed by atoms with van der Waals surface area (Å²) in [5.41, 5.74) is 1.64. The van der Waals surface area contributed by atoms with E-state index in [1.807, 2.05) is 6.07 Å². The van der Waals surface area contributed by atoms with Gasteiger partial charge in [-0.15, -0.1) is 0 Å². The molecule has 1 aromatic heterocycles. The number of likely N-dealkylation sites (tertiary alicyclic amines) is 1. The van der Waals surface area contributed by atoms with Gasteiger partial charge in [0.2, 0.25) is 10.0 Å². The number of hydrogen-bond donors (Lipinski definition) is 1. The highest BCUT2D eigenvalue weighted by molar-refractivity contribution is 7.89. The number of imidazole rings is 1. The fourth-order valence-corrected chi connectivity index (χ4v) is 5.53. The first-order chi connectivity index (χ1) is 13.5. The zero-order valence-corrected chi connectivity index (χ0v) is 17.1. The minimum absolute atomic E-state index is 0.279. The fraction of sp³-hybridized carbons (Fsp3) is 0.632. The summed E-state index contributed by atoms with van der Waals surface area (Å²) in [6.45, 7) is 6.70. The maximum Gasteiger partial charge on any atom is 0.243 e. The summed E-state index contributed by atoms with van der Waals surface area (Å²) in [4.78, 5) is 7.25. The van der Waals surface area contributed by atoms with E-state index in [0.29, 0.717) is 44.9 Å². The van der Waals surface area contributed by atoms with E-state index in [9.17, 15) is 13.5 Å². The standard InChI is InChI=1S/C19H28N4O4S/c1-2-23-18-6-5-16(28(25,26)22-8-10-27-11-9-22)12-17(18)20-19(23)14-21-7-3-4-15(24)13-21/h5-6,12,15,24H,2-4,7-11,13-14H2,1H3. The van der Waals surface area contributed by atoms with Crippen LogP contribution in [-0.4, -0.2) is 77.8 Å². The Labute approximate surface area is 165 Å². The molecule has 0 spiro atoms. The number of aliphatic hydroxyl groups is 1. The molecule has 0 bridgehead atoms. The van der Waals surface area contributed by atoms with Gasteiger partial charge in [0, 0.05) is 26.2 Å². The number of aliphatic hydroxyl groups excluding tert-OH is 1. The molecule has 4 rings (SSSR count). The van der Waals surface area contributed by atoms with Crippen LogP contribution in [-0.2, 0) is 27.8 Å². The molecule has 2 saturated heterocycles. The molecule has 1 unspecified atom stereocenters. The predicted octanol–water partition coefficient (Wildman–Crippen LogP) is 1.03. The van der Waals surface area contributed by atoms with Gasteiger partial charge in [-0.25, -0.2) is 13.4 Å². The highest BCUT2D eigenvalue weighted by Crippen LogP contribution is 2.24. The third-order valence-corrected chi connectivity index (χ3v) is 7.46. The van der Waals surface area contributed by atoms with E-state index in [1.165, 1.54) is 4.31 Å². The Kier molecular flexibility index (Phi) is 5.71. The van der Waals surface area contributed by atoms with Crippen LogP contribution in [0.15, 0.2) is 23.1 Å². The minimum atomic E-state index is -3.54. The predicted molar refractivity (Wildman–Crippen MR) is 106 cm³/mol. The summed E-state index contributed by atoms with van der Waals surface area (Å²) >= 11 is 0. The van der Waals surface area contributed by atoms with Gasteiger partial charge in [-0.3, -0.25) is 4.90 Å². The van der Waals surface area contributed by atoms with Gasteiger partial charge in [0.1, 0.15) is 5.82 Å². The molecule has 0 aliphatic carbocycles. The molecule has 0 saturated carbocycles. The third-order valence-electron chi connectivity index (χ3n) is 5.57. The van der Waals surface area contributed by atoms with Crippen LogP contribution in [0, 0.1) is 0 Å². The summed E-state index contributed by atoms with van der Waals surface area (Å²) in [6.07, 6.45) is 1.55. The van der Waals surface area contributed by atoms with E-state index in [1.54, 1.807) is 12.1 Å². The number of morpholine rings is 1. The molecule has 2 aromatic rings. The van der Waals surface area contributed by atoms with Crippen molar-refractivity contribution in [2.75, 3.05) is 39.4 Å². The van der Waals surface area contributed by atoms with E-state index in [0.717, 1.165) is 37.3 Å². The molecule has 28 heavy (non-hydrogen) atoms. The zero-order chi connectivity index (χ0) is 19.7. The SMILES string of the molecule is CCn1c(CN2CCCC(O)C2)nc2cc(S(=O)(=O)N3CCOCC3)ccc21. The Morgan fingerprint density at radius 2 is 2.04 bits per heavy atom. The fourth-order valence-electron chi connectivity index (χ4n) is 4.10. The highest BCUT2D eigenvalue weighted by Gasteiger charge is 2.27. The van der Waals surface area contributed by atoms with E-state index >= 15 is 0 Å². The maximum absolute atomic E-state index is 12.9. The normalized spacial score (nSPS) is 22.7. The first-order valence-electron chi connectivity index (χ1n) is 9.96. The lowest BCUT2D eigenvalue weighted by Crippen LogP contribution is -2.40. The van der Waals surface area contributed by atoms with E-state index in [2.05, 4.69) is 16.4 Å².